The fourth-order valence-electron chi connectivity index (χ4n) is 12.2. The summed E-state index contributed by atoms with van der Waals surface area (Å²) in [4.78, 5) is 66.1. The number of aromatic nitrogens is 2. The van der Waals surface area contributed by atoms with Crippen molar-refractivity contribution >= 4 is 23.5 Å². The SMILES string of the molecule is CC(=O)c1cnn([C@H]2CC[C@@]3(C)[C@@H](CC[C@]4(C)[C@@H]3C(=O)C=C3[C@@H]5C[C@@](C)(C(=O)O)CC[C@]5(C)CC[C@]34C)[C@]2(C)C(=O)OCc2oc(=O)oc2C)c1. The average Bonchev–Trinajstić information content (AvgIpc) is 3.67. The molecular formula is C40H52N2O9. The summed E-state index contributed by atoms with van der Waals surface area (Å²) in [6, 6.07) is -0.454. The zero-order valence-electron chi connectivity index (χ0n) is 31.2. The van der Waals surface area contributed by atoms with Crippen molar-refractivity contribution in [2.45, 2.75) is 126 Å². The Kier molecular flexibility index (Phi) is 7.94. The summed E-state index contributed by atoms with van der Waals surface area (Å²) in [5, 5.41) is 14.8. The fourth-order valence-corrected chi connectivity index (χ4v) is 12.2. The van der Waals surface area contributed by atoms with Crippen LogP contribution in [0.15, 0.2) is 37.7 Å². The summed E-state index contributed by atoms with van der Waals surface area (Å²) in [6.45, 7) is 15.6. The van der Waals surface area contributed by atoms with Gasteiger partial charge in [0.05, 0.1) is 28.6 Å². The molecule has 5 aliphatic rings. The van der Waals surface area contributed by atoms with E-state index in [9.17, 15) is 29.1 Å². The van der Waals surface area contributed by atoms with Gasteiger partial charge in [0.2, 0.25) is 0 Å². The molecule has 0 amide bonds. The molecule has 1 N–H and O–H groups in total. The molecule has 2 heterocycles. The highest BCUT2D eigenvalue weighted by molar-refractivity contribution is 5.96. The third-order valence-electron chi connectivity index (χ3n) is 15.7. The predicted octanol–water partition coefficient (Wildman–Crippen LogP) is 7.27. The standard InChI is InChI=1S/C40H52N2O9/c1-22(43)24-19-41-42(20-24)30-10-11-37(5)29(40(30,8)33(47)49-21-28-23(2)50-34(48)51-28)9-12-39(7)31(37)27(44)17-25-26-18-36(4,32(45)46)14-13-35(26,3)15-16-38(25,39)6/h17,19-20,26,29-31H,9-16,18,21H2,1-8H3,(H,45,46)/t26-,29+,30-,31+,35+,36-,37-,38+,39+,40-/m0/s1. The molecule has 4 saturated carbocycles. The highest BCUT2D eigenvalue weighted by Gasteiger charge is 2.72. The first kappa shape index (κ1) is 35.6. The minimum absolute atomic E-state index is 0.0102. The van der Waals surface area contributed by atoms with Gasteiger partial charge >= 0.3 is 17.8 Å². The molecule has 0 saturated heterocycles. The van der Waals surface area contributed by atoms with Gasteiger partial charge in [-0.15, -0.1) is 0 Å². The molecule has 2 aromatic heterocycles. The number of Topliss-reactive ketones (excluding diaryl/α,β-unsaturated/α-hetero) is 1. The third-order valence-corrected chi connectivity index (χ3v) is 15.7. The Hall–Kier alpha value is -3.76. The Balaban J connectivity index is 1.30. The minimum Gasteiger partial charge on any atom is -0.481 e. The lowest BCUT2D eigenvalue weighted by Gasteiger charge is -2.70. The van der Waals surface area contributed by atoms with Gasteiger partial charge < -0.3 is 18.7 Å². The number of hydrogen-bond acceptors (Lipinski definition) is 9. The van der Waals surface area contributed by atoms with Crippen LogP contribution in [0.25, 0.3) is 0 Å². The minimum atomic E-state index is -1.16. The van der Waals surface area contributed by atoms with Gasteiger partial charge in [0.15, 0.2) is 29.7 Å². The Morgan fingerprint density at radius 1 is 0.980 bits per heavy atom. The average molecular weight is 705 g/mol. The molecule has 11 heteroatoms. The number of carboxylic acid groups (broad SMARTS) is 1. The van der Waals surface area contributed by atoms with E-state index in [0.29, 0.717) is 44.1 Å². The second-order valence-corrected chi connectivity index (χ2v) is 18.2. The summed E-state index contributed by atoms with van der Waals surface area (Å²) in [5.41, 5.74) is -1.78. The van der Waals surface area contributed by atoms with Crippen LogP contribution in [0.4, 0.5) is 0 Å². The number of hydrogen-bond donors (Lipinski definition) is 1. The van der Waals surface area contributed by atoms with Gasteiger partial charge in [-0.3, -0.25) is 23.9 Å². The quantitative estimate of drug-likeness (QED) is 0.239. The number of aryl methyl sites for hydroxylation is 1. The third kappa shape index (κ3) is 4.88. The zero-order chi connectivity index (χ0) is 37.1. The molecular weight excluding hydrogens is 652 g/mol. The van der Waals surface area contributed by atoms with Gasteiger partial charge in [0, 0.05) is 12.1 Å². The van der Waals surface area contributed by atoms with E-state index in [1.807, 2.05) is 19.9 Å². The van der Waals surface area contributed by atoms with Crippen molar-refractivity contribution < 1.29 is 37.9 Å². The Morgan fingerprint density at radius 3 is 2.31 bits per heavy atom. The first-order valence-electron chi connectivity index (χ1n) is 18.5. The number of fused-ring (bicyclic) bond motifs is 7. The maximum Gasteiger partial charge on any atom is 0.519 e. The van der Waals surface area contributed by atoms with Gasteiger partial charge in [0.25, 0.3) is 0 Å². The summed E-state index contributed by atoms with van der Waals surface area (Å²) in [7, 11) is 0. The first-order valence-corrected chi connectivity index (χ1v) is 18.5. The van der Waals surface area contributed by atoms with Gasteiger partial charge in [0.1, 0.15) is 0 Å². The van der Waals surface area contributed by atoms with Crippen molar-refractivity contribution in [2.75, 3.05) is 0 Å². The van der Waals surface area contributed by atoms with Gasteiger partial charge in [-0.05, 0) is 125 Å². The summed E-state index contributed by atoms with van der Waals surface area (Å²) in [6.07, 6.45) is 11.6. The number of nitrogens with zero attached hydrogens (tertiary/aromatic N) is 2. The topological polar surface area (TPSA) is 159 Å². The number of ketones is 2. The van der Waals surface area contributed by atoms with E-state index >= 15 is 0 Å². The second kappa shape index (κ2) is 11.4. The van der Waals surface area contributed by atoms with Crippen molar-refractivity contribution in [1.82, 2.24) is 9.78 Å². The Labute approximate surface area is 298 Å². The molecule has 7 rings (SSSR count). The normalized spacial score (nSPS) is 41.7. The zero-order valence-corrected chi connectivity index (χ0v) is 31.2. The van der Waals surface area contributed by atoms with E-state index in [1.54, 1.807) is 17.8 Å². The van der Waals surface area contributed by atoms with Crippen LogP contribution in [0.5, 0.6) is 0 Å². The number of rotatable bonds is 6. The lowest BCUT2D eigenvalue weighted by Crippen LogP contribution is -2.67. The molecule has 10 atom stereocenters. The van der Waals surface area contributed by atoms with E-state index in [0.717, 1.165) is 24.8 Å². The number of aliphatic carboxylic acids is 1. The molecule has 0 radical (unpaired) electrons. The summed E-state index contributed by atoms with van der Waals surface area (Å²) < 4.78 is 17.9. The highest BCUT2D eigenvalue weighted by Crippen LogP contribution is 2.76. The van der Waals surface area contributed by atoms with Crippen molar-refractivity contribution in [2.24, 2.45) is 50.2 Å². The predicted molar refractivity (Wildman–Crippen MR) is 184 cm³/mol. The maximum absolute atomic E-state index is 14.9. The Bertz CT molecular complexity index is 1920. The molecule has 0 aromatic carbocycles. The van der Waals surface area contributed by atoms with Crippen molar-refractivity contribution in [3.63, 3.8) is 0 Å². The van der Waals surface area contributed by atoms with Gasteiger partial charge in [-0.1, -0.05) is 33.3 Å². The lowest BCUT2D eigenvalue weighted by atomic mass is 9.33. The largest absolute Gasteiger partial charge is 0.519 e. The molecule has 11 nitrogen and oxygen atoms in total. The molecule has 2 aromatic rings. The summed E-state index contributed by atoms with van der Waals surface area (Å²) in [5.74, 6) is -2.43. The van der Waals surface area contributed by atoms with Crippen LogP contribution in [0.3, 0.4) is 0 Å². The molecule has 0 aliphatic heterocycles. The van der Waals surface area contributed by atoms with Crippen LogP contribution in [0, 0.1) is 57.2 Å². The Morgan fingerprint density at radius 2 is 1.69 bits per heavy atom. The number of carboxylic acids is 1. The van der Waals surface area contributed by atoms with E-state index < -0.39 is 45.5 Å². The van der Waals surface area contributed by atoms with Crippen molar-refractivity contribution in [1.29, 1.82) is 0 Å². The van der Waals surface area contributed by atoms with Crippen molar-refractivity contribution in [3.8, 4) is 0 Å². The number of carbonyl (C=O) groups excluding carboxylic acids is 3. The van der Waals surface area contributed by atoms with E-state index in [2.05, 4.69) is 32.8 Å². The van der Waals surface area contributed by atoms with E-state index in [1.165, 1.54) is 13.1 Å². The smallest absolute Gasteiger partial charge is 0.481 e. The lowest BCUT2D eigenvalue weighted by molar-refractivity contribution is -0.209. The monoisotopic (exact) mass is 704 g/mol. The van der Waals surface area contributed by atoms with Crippen LogP contribution in [-0.4, -0.2) is 38.4 Å². The number of allylic oxidation sites excluding steroid dienone is 2. The number of esters is 1. The number of carbonyl (C=O) groups is 4. The molecule has 276 valence electrons. The maximum atomic E-state index is 14.9. The van der Waals surface area contributed by atoms with E-state index in [-0.39, 0.29) is 58.3 Å². The van der Waals surface area contributed by atoms with Crippen LogP contribution >= 0.6 is 0 Å². The van der Waals surface area contributed by atoms with E-state index in [4.69, 9.17) is 13.6 Å². The van der Waals surface area contributed by atoms with Crippen LogP contribution < -0.4 is 5.82 Å². The molecule has 0 spiro atoms. The first-order chi connectivity index (χ1) is 23.7. The molecule has 0 bridgehead atoms. The highest BCUT2D eigenvalue weighted by atomic mass is 16.6. The van der Waals surface area contributed by atoms with Crippen molar-refractivity contribution in [3.05, 3.63) is 51.7 Å². The fraction of sp³-hybridized carbons (Fsp3) is 0.700. The van der Waals surface area contributed by atoms with Crippen LogP contribution in [-0.2, 0) is 25.7 Å². The molecule has 5 aliphatic carbocycles. The van der Waals surface area contributed by atoms with Crippen LogP contribution in [0.2, 0.25) is 0 Å². The number of ether oxygens (including phenoxy) is 1. The van der Waals surface area contributed by atoms with Gasteiger partial charge in [-0.25, -0.2) is 4.79 Å². The second-order valence-electron chi connectivity index (χ2n) is 18.2. The molecule has 0 unspecified atom stereocenters. The van der Waals surface area contributed by atoms with Gasteiger partial charge in [-0.2, -0.15) is 5.10 Å². The van der Waals surface area contributed by atoms with Crippen LogP contribution in [0.1, 0.15) is 134 Å². The molecule has 51 heavy (non-hydrogen) atoms. The molecule has 4 fully saturated rings. The summed E-state index contributed by atoms with van der Waals surface area (Å²) >= 11 is 0.